The zero-order valence-electron chi connectivity index (χ0n) is 10.6. The fourth-order valence-electron chi connectivity index (χ4n) is 2.12. The molecule has 1 atom stereocenters. The second-order valence-electron chi connectivity index (χ2n) is 4.15. The summed E-state index contributed by atoms with van der Waals surface area (Å²) in [6.45, 7) is 6.00. The Bertz CT molecular complexity index is 337. The molecular weight excluding hydrogens is 214 g/mol. The Hall–Kier alpha value is -1.35. The molecule has 0 heterocycles. The Morgan fingerprint density at radius 3 is 2.41 bits per heavy atom. The van der Waals surface area contributed by atoms with E-state index >= 15 is 0 Å². The van der Waals surface area contributed by atoms with Crippen molar-refractivity contribution in [2.75, 3.05) is 13.1 Å². The summed E-state index contributed by atoms with van der Waals surface area (Å²) in [7, 11) is 0. The standard InChI is InChI=1S/C14H21NO2/c1-3-10-15(4-2)13(11-14(16)17)12-8-6-5-7-9-12/h5-9,13H,3-4,10-11H2,1-2H3,(H,16,17). The van der Waals surface area contributed by atoms with Crippen LogP contribution in [-0.2, 0) is 4.79 Å². The summed E-state index contributed by atoms with van der Waals surface area (Å²) in [4.78, 5) is 13.2. The minimum atomic E-state index is -0.742. The third-order valence-corrected chi connectivity index (χ3v) is 2.91. The van der Waals surface area contributed by atoms with E-state index in [1.54, 1.807) is 0 Å². The second-order valence-corrected chi connectivity index (χ2v) is 4.15. The van der Waals surface area contributed by atoms with Crippen molar-refractivity contribution in [1.82, 2.24) is 4.90 Å². The molecule has 0 saturated heterocycles. The average Bonchev–Trinajstić information content (AvgIpc) is 2.34. The first-order valence-corrected chi connectivity index (χ1v) is 6.19. The third-order valence-electron chi connectivity index (χ3n) is 2.91. The Morgan fingerprint density at radius 1 is 1.29 bits per heavy atom. The minimum absolute atomic E-state index is 0.0151. The lowest BCUT2D eigenvalue weighted by Gasteiger charge is -2.29. The number of benzene rings is 1. The Morgan fingerprint density at radius 2 is 1.94 bits per heavy atom. The number of nitrogens with zero attached hydrogens (tertiary/aromatic N) is 1. The van der Waals surface area contributed by atoms with Gasteiger partial charge in [0.15, 0.2) is 0 Å². The number of aliphatic carboxylic acids is 1. The molecule has 0 amide bonds. The average molecular weight is 235 g/mol. The minimum Gasteiger partial charge on any atom is -0.481 e. The number of hydrogen-bond donors (Lipinski definition) is 1. The van der Waals surface area contributed by atoms with Crippen molar-refractivity contribution in [2.45, 2.75) is 32.7 Å². The van der Waals surface area contributed by atoms with Crippen LogP contribution in [0.15, 0.2) is 30.3 Å². The number of carboxylic acid groups (broad SMARTS) is 1. The molecule has 0 aliphatic heterocycles. The summed E-state index contributed by atoms with van der Waals surface area (Å²) >= 11 is 0. The van der Waals surface area contributed by atoms with Gasteiger partial charge in [-0.15, -0.1) is 0 Å². The van der Waals surface area contributed by atoms with Crippen LogP contribution < -0.4 is 0 Å². The summed E-state index contributed by atoms with van der Waals surface area (Å²) in [6, 6.07) is 9.88. The Labute approximate surface area is 103 Å². The van der Waals surface area contributed by atoms with Gasteiger partial charge >= 0.3 is 5.97 Å². The molecule has 0 fully saturated rings. The van der Waals surface area contributed by atoms with Crippen molar-refractivity contribution in [3.8, 4) is 0 Å². The van der Waals surface area contributed by atoms with Gasteiger partial charge in [-0.25, -0.2) is 0 Å². The van der Waals surface area contributed by atoms with E-state index in [4.69, 9.17) is 5.11 Å². The van der Waals surface area contributed by atoms with E-state index < -0.39 is 5.97 Å². The van der Waals surface area contributed by atoms with E-state index in [0.717, 1.165) is 25.1 Å². The van der Waals surface area contributed by atoms with E-state index in [1.807, 2.05) is 30.3 Å². The van der Waals surface area contributed by atoms with Crippen LogP contribution in [-0.4, -0.2) is 29.1 Å². The molecule has 3 nitrogen and oxygen atoms in total. The van der Waals surface area contributed by atoms with Crippen LogP contribution in [0.4, 0.5) is 0 Å². The van der Waals surface area contributed by atoms with Gasteiger partial charge in [-0.2, -0.15) is 0 Å². The van der Waals surface area contributed by atoms with Crippen LogP contribution in [0.5, 0.6) is 0 Å². The first kappa shape index (κ1) is 13.7. The SMILES string of the molecule is CCCN(CC)C(CC(=O)O)c1ccccc1. The van der Waals surface area contributed by atoms with Gasteiger partial charge in [0.25, 0.3) is 0 Å². The molecule has 0 bridgehead atoms. The number of carboxylic acids is 1. The fraction of sp³-hybridized carbons (Fsp3) is 0.500. The third kappa shape index (κ3) is 4.19. The molecule has 94 valence electrons. The summed E-state index contributed by atoms with van der Waals surface area (Å²) in [5.74, 6) is -0.742. The van der Waals surface area contributed by atoms with Crippen LogP contribution in [0.1, 0.15) is 38.3 Å². The van der Waals surface area contributed by atoms with E-state index in [1.165, 1.54) is 0 Å². The first-order chi connectivity index (χ1) is 8.19. The van der Waals surface area contributed by atoms with Crippen molar-refractivity contribution in [3.05, 3.63) is 35.9 Å². The molecule has 0 aromatic heterocycles. The lowest BCUT2D eigenvalue weighted by Crippen LogP contribution is -2.31. The van der Waals surface area contributed by atoms with Crippen LogP contribution >= 0.6 is 0 Å². The summed E-state index contributed by atoms with van der Waals surface area (Å²) in [6.07, 6.45) is 1.20. The predicted molar refractivity (Wildman–Crippen MR) is 69.0 cm³/mol. The normalized spacial score (nSPS) is 12.6. The van der Waals surface area contributed by atoms with Crippen LogP contribution in [0, 0.1) is 0 Å². The van der Waals surface area contributed by atoms with Crippen molar-refractivity contribution in [2.24, 2.45) is 0 Å². The molecule has 1 aromatic rings. The quantitative estimate of drug-likeness (QED) is 0.790. The van der Waals surface area contributed by atoms with Crippen LogP contribution in [0.25, 0.3) is 0 Å². The van der Waals surface area contributed by atoms with Crippen LogP contribution in [0.3, 0.4) is 0 Å². The maximum Gasteiger partial charge on any atom is 0.305 e. The predicted octanol–water partition coefficient (Wildman–Crippen LogP) is 2.93. The number of hydrogen-bond acceptors (Lipinski definition) is 2. The lowest BCUT2D eigenvalue weighted by molar-refractivity contribution is -0.138. The smallest absolute Gasteiger partial charge is 0.305 e. The molecule has 1 unspecified atom stereocenters. The molecule has 0 spiro atoms. The molecule has 17 heavy (non-hydrogen) atoms. The van der Waals surface area contributed by atoms with E-state index in [2.05, 4.69) is 18.7 Å². The zero-order chi connectivity index (χ0) is 12.7. The van der Waals surface area contributed by atoms with Gasteiger partial charge in [0.1, 0.15) is 0 Å². The van der Waals surface area contributed by atoms with Crippen molar-refractivity contribution in [3.63, 3.8) is 0 Å². The molecule has 3 heteroatoms. The highest BCUT2D eigenvalue weighted by Crippen LogP contribution is 2.24. The maximum absolute atomic E-state index is 11.0. The summed E-state index contributed by atoms with van der Waals surface area (Å²) in [5, 5.41) is 9.03. The van der Waals surface area contributed by atoms with Gasteiger partial charge in [0.05, 0.1) is 6.42 Å². The number of carbonyl (C=O) groups is 1. The highest BCUT2D eigenvalue weighted by molar-refractivity contribution is 5.67. The highest BCUT2D eigenvalue weighted by atomic mass is 16.4. The molecule has 0 aliphatic carbocycles. The lowest BCUT2D eigenvalue weighted by atomic mass is 10.0. The van der Waals surface area contributed by atoms with Crippen molar-refractivity contribution < 1.29 is 9.90 Å². The van der Waals surface area contributed by atoms with Crippen molar-refractivity contribution in [1.29, 1.82) is 0 Å². The van der Waals surface area contributed by atoms with Crippen molar-refractivity contribution >= 4 is 5.97 Å². The topological polar surface area (TPSA) is 40.5 Å². The Balaban J connectivity index is 2.89. The summed E-state index contributed by atoms with van der Waals surface area (Å²) < 4.78 is 0. The second kappa shape index (κ2) is 7.07. The molecule has 1 rings (SSSR count). The number of rotatable bonds is 7. The van der Waals surface area contributed by atoms with Gasteiger partial charge in [-0.1, -0.05) is 44.2 Å². The fourth-order valence-corrected chi connectivity index (χ4v) is 2.12. The van der Waals surface area contributed by atoms with E-state index in [0.29, 0.717) is 0 Å². The molecule has 1 aromatic carbocycles. The summed E-state index contributed by atoms with van der Waals surface area (Å²) in [5.41, 5.74) is 1.09. The Kier molecular flexibility index (Phi) is 5.70. The highest BCUT2D eigenvalue weighted by Gasteiger charge is 2.21. The first-order valence-electron chi connectivity index (χ1n) is 6.19. The monoisotopic (exact) mass is 235 g/mol. The van der Waals surface area contributed by atoms with Gasteiger partial charge < -0.3 is 5.11 Å². The molecule has 0 saturated carbocycles. The van der Waals surface area contributed by atoms with Gasteiger partial charge in [0, 0.05) is 6.04 Å². The van der Waals surface area contributed by atoms with Crippen LogP contribution in [0.2, 0.25) is 0 Å². The van der Waals surface area contributed by atoms with Gasteiger partial charge in [-0.05, 0) is 25.1 Å². The molecule has 0 radical (unpaired) electrons. The zero-order valence-corrected chi connectivity index (χ0v) is 10.6. The molecular formula is C14H21NO2. The molecule has 1 N–H and O–H groups in total. The van der Waals surface area contributed by atoms with Gasteiger partial charge in [-0.3, -0.25) is 9.69 Å². The van der Waals surface area contributed by atoms with E-state index in [-0.39, 0.29) is 12.5 Å². The van der Waals surface area contributed by atoms with E-state index in [9.17, 15) is 4.79 Å². The maximum atomic E-state index is 11.0. The largest absolute Gasteiger partial charge is 0.481 e. The molecule has 0 aliphatic rings. The van der Waals surface area contributed by atoms with Gasteiger partial charge in [0.2, 0.25) is 0 Å².